The predicted octanol–water partition coefficient (Wildman–Crippen LogP) is 4.45. The highest BCUT2D eigenvalue weighted by Gasteiger charge is 2.77. The Hall–Kier alpha value is -0.340. The summed E-state index contributed by atoms with van der Waals surface area (Å²) >= 11 is 6.46. The average molecular weight is 335 g/mol. The summed E-state index contributed by atoms with van der Waals surface area (Å²) in [5.41, 5.74) is 1.94. The molecule has 126 valence electrons. The van der Waals surface area contributed by atoms with Crippen LogP contribution in [-0.2, 0) is 4.79 Å². The van der Waals surface area contributed by atoms with Crippen LogP contribution in [0.15, 0.2) is 10.6 Å². The quantitative estimate of drug-likeness (QED) is 0.710. The van der Waals surface area contributed by atoms with Gasteiger partial charge in [0.2, 0.25) is 0 Å². The Kier molecular flexibility index (Phi) is 2.76. The molecule has 0 aromatic carbocycles. The molecule has 3 heteroatoms. The van der Waals surface area contributed by atoms with E-state index >= 15 is 0 Å². The Morgan fingerprint density at radius 3 is 2.70 bits per heavy atom. The molecule has 23 heavy (non-hydrogen) atoms. The summed E-state index contributed by atoms with van der Waals surface area (Å²) in [7, 11) is 0. The number of Topliss-reactive ketones (excluding diaryl/α,β-unsaturated/α-hetero) is 1. The minimum absolute atomic E-state index is 0.0940. The SMILES string of the molecule is C[C@]12CCC(=O)C(Cl)=C1CC[C@@H]1[C@@H]2CC[C@]2(C)[C@H](O)C[C@@H]3C[C@]312. The lowest BCUT2D eigenvalue weighted by Crippen LogP contribution is -2.53. The molecule has 0 aromatic heterocycles. The number of carbonyl (C=O) groups is 1. The number of ketones is 1. The van der Waals surface area contributed by atoms with Gasteiger partial charge in [-0.05, 0) is 84.5 Å². The van der Waals surface area contributed by atoms with Crippen LogP contribution in [0.2, 0.25) is 0 Å². The van der Waals surface area contributed by atoms with Crippen LogP contribution < -0.4 is 0 Å². The smallest absolute Gasteiger partial charge is 0.174 e. The van der Waals surface area contributed by atoms with Gasteiger partial charge in [0.05, 0.1) is 11.1 Å². The number of aliphatic hydroxyl groups is 1. The standard InChI is InChI=1S/C20H27ClO2/c1-18-7-6-15(22)17(21)14(18)4-3-13-12(18)5-8-19(2)16(23)9-11-10-20(11,13)19/h11-13,16,23H,3-10H2,1-2H3/t11-,12+,13-,16-,18-,19-,20+/m1/s1. The molecular weight excluding hydrogens is 308 g/mol. The number of carbonyl (C=O) groups excluding carboxylic acids is 1. The Balaban J connectivity index is 1.59. The maximum absolute atomic E-state index is 12.1. The largest absolute Gasteiger partial charge is 0.393 e. The zero-order chi connectivity index (χ0) is 16.2. The molecule has 4 saturated carbocycles. The van der Waals surface area contributed by atoms with E-state index in [1.54, 1.807) is 0 Å². The second-order valence-corrected chi connectivity index (χ2v) is 9.91. The minimum atomic E-state index is -0.0940. The van der Waals surface area contributed by atoms with Crippen LogP contribution in [0.4, 0.5) is 0 Å². The third kappa shape index (κ3) is 1.50. The molecular formula is C20H27ClO2. The molecule has 4 fully saturated rings. The number of hydrogen-bond donors (Lipinski definition) is 1. The van der Waals surface area contributed by atoms with Crippen molar-refractivity contribution in [3.05, 3.63) is 10.6 Å². The Morgan fingerprint density at radius 1 is 1.13 bits per heavy atom. The van der Waals surface area contributed by atoms with Crippen molar-refractivity contribution < 1.29 is 9.90 Å². The molecule has 5 rings (SSSR count). The fraction of sp³-hybridized carbons (Fsp3) is 0.850. The van der Waals surface area contributed by atoms with Gasteiger partial charge in [-0.15, -0.1) is 0 Å². The van der Waals surface area contributed by atoms with Gasteiger partial charge in [-0.25, -0.2) is 0 Å². The molecule has 5 aliphatic rings. The first-order valence-corrected chi connectivity index (χ1v) is 9.83. The summed E-state index contributed by atoms with van der Waals surface area (Å²) in [5.74, 6) is 2.31. The minimum Gasteiger partial charge on any atom is -0.393 e. The van der Waals surface area contributed by atoms with Crippen LogP contribution in [0, 0.1) is 34.0 Å². The maximum Gasteiger partial charge on any atom is 0.174 e. The number of rotatable bonds is 0. The molecule has 1 spiro atoms. The van der Waals surface area contributed by atoms with Gasteiger partial charge in [-0.1, -0.05) is 25.4 Å². The summed E-state index contributed by atoms with van der Waals surface area (Å²) in [6, 6.07) is 0. The fourth-order valence-corrected chi connectivity index (χ4v) is 8.26. The van der Waals surface area contributed by atoms with Crippen molar-refractivity contribution in [1.82, 2.24) is 0 Å². The number of hydrogen-bond acceptors (Lipinski definition) is 2. The van der Waals surface area contributed by atoms with Crippen LogP contribution >= 0.6 is 11.6 Å². The lowest BCUT2D eigenvalue weighted by molar-refractivity contribution is -0.120. The normalized spacial score (nSPS) is 57.5. The van der Waals surface area contributed by atoms with E-state index in [9.17, 15) is 9.90 Å². The second kappa shape index (κ2) is 4.25. The molecule has 0 bridgehead atoms. The molecule has 0 heterocycles. The van der Waals surface area contributed by atoms with E-state index in [0.717, 1.165) is 37.5 Å². The first-order valence-electron chi connectivity index (χ1n) is 9.45. The summed E-state index contributed by atoms with van der Waals surface area (Å²) in [6.45, 7) is 4.75. The van der Waals surface area contributed by atoms with E-state index in [1.165, 1.54) is 24.8 Å². The van der Waals surface area contributed by atoms with Gasteiger partial charge in [0, 0.05) is 6.42 Å². The van der Waals surface area contributed by atoms with Crippen molar-refractivity contribution in [2.75, 3.05) is 0 Å². The van der Waals surface area contributed by atoms with Crippen LogP contribution in [0.3, 0.4) is 0 Å². The Bertz CT molecular complexity index is 640. The van der Waals surface area contributed by atoms with Crippen LogP contribution in [-0.4, -0.2) is 17.0 Å². The number of fused-ring (bicyclic) bond motifs is 3. The molecule has 0 amide bonds. The number of aliphatic hydroxyl groups excluding tert-OH is 1. The Labute approximate surface area is 143 Å². The summed E-state index contributed by atoms with van der Waals surface area (Å²) in [4.78, 5) is 12.1. The first-order chi connectivity index (χ1) is 10.8. The maximum atomic E-state index is 12.1. The molecule has 0 saturated heterocycles. The predicted molar refractivity (Wildman–Crippen MR) is 89.9 cm³/mol. The van der Waals surface area contributed by atoms with Crippen molar-refractivity contribution in [1.29, 1.82) is 0 Å². The molecule has 0 radical (unpaired) electrons. The fourth-order valence-electron chi connectivity index (χ4n) is 7.85. The van der Waals surface area contributed by atoms with Gasteiger partial charge in [0.1, 0.15) is 0 Å². The third-order valence-electron chi connectivity index (χ3n) is 9.18. The van der Waals surface area contributed by atoms with E-state index in [2.05, 4.69) is 13.8 Å². The van der Waals surface area contributed by atoms with Crippen LogP contribution in [0.25, 0.3) is 0 Å². The zero-order valence-corrected chi connectivity index (χ0v) is 15.0. The lowest BCUT2D eigenvalue weighted by Gasteiger charge is -2.59. The van der Waals surface area contributed by atoms with Gasteiger partial charge in [0.15, 0.2) is 5.78 Å². The van der Waals surface area contributed by atoms with Crippen molar-refractivity contribution in [3.63, 3.8) is 0 Å². The molecule has 2 nitrogen and oxygen atoms in total. The summed E-state index contributed by atoms with van der Waals surface area (Å²) in [5, 5.41) is 11.2. The average Bonchev–Trinajstić information content (AvgIpc) is 3.17. The van der Waals surface area contributed by atoms with Crippen molar-refractivity contribution in [2.45, 2.75) is 71.3 Å². The first kappa shape index (κ1) is 15.0. The van der Waals surface area contributed by atoms with Gasteiger partial charge >= 0.3 is 0 Å². The third-order valence-corrected chi connectivity index (χ3v) is 9.61. The molecule has 7 atom stereocenters. The van der Waals surface area contributed by atoms with Crippen LogP contribution in [0.1, 0.15) is 65.2 Å². The van der Waals surface area contributed by atoms with Crippen molar-refractivity contribution in [2.24, 2.45) is 34.0 Å². The zero-order valence-electron chi connectivity index (χ0n) is 14.2. The highest BCUT2D eigenvalue weighted by molar-refractivity contribution is 6.43. The van der Waals surface area contributed by atoms with E-state index in [-0.39, 0.29) is 22.7 Å². The van der Waals surface area contributed by atoms with E-state index in [0.29, 0.717) is 22.8 Å². The second-order valence-electron chi connectivity index (χ2n) is 9.53. The molecule has 0 unspecified atom stereocenters. The van der Waals surface area contributed by atoms with E-state index < -0.39 is 0 Å². The number of allylic oxidation sites excluding steroid dienone is 1. The topological polar surface area (TPSA) is 37.3 Å². The van der Waals surface area contributed by atoms with E-state index in [4.69, 9.17) is 11.6 Å². The number of halogens is 1. The van der Waals surface area contributed by atoms with E-state index in [1.807, 2.05) is 0 Å². The lowest BCUT2D eigenvalue weighted by atomic mass is 9.45. The van der Waals surface area contributed by atoms with Gasteiger partial charge in [0.25, 0.3) is 0 Å². The molecule has 5 aliphatic carbocycles. The van der Waals surface area contributed by atoms with Crippen LogP contribution in [0.5, 0.6) is 0 Å². The molecule has 0 aromatic rings. The van der Waals surface area contributed by atoms with Gasteiger partial charge in [-0.3, -0.25) is 4.79 Å². The van der Waals surface area contributed by atoms with Gasteiger partial charge < -0.3 is 5.11 Å². The van der Waals surface area contributed by atoms with Crippen molar-refractivity contribution >= 4 is 17.4 Å². The summed E-state index contributed by atoms with van der Waals surface area (Å²) < 4.78 is 0. The summed E-state index contributed by atoms with van der Waals surface area (Å²) in [6.07, 6.45) is 8.41. The molecule has 1 N–H and O–H groups in total. The van der Waals surface area contributed by atoms with Crippen molar-refractivity contribution in [3.8, 4) is 0 Å². The molecule has 0 aliphatic heterocycles. The monoisotopic (exact) mass is 334 g/mol. The Morgan fingerprint density at radius 2 is 1.91 bits per heavy atom. The van der Waals surface area contributed by atoms with Gasteiger partial charge in [-0.2, -0.15) is 0 Å². The highest BCUT2D eigenvalue weighted by atomic mass is 35.5. The highest BCUT2D eigenvalue weighted by Crippen LogP contribution is 2.82.